The zero-order chi connectivity index (χ0) is 18.6. The van der Waals surface area contributed by atoms with Crippen molar-refractivity contribution in [2.45, 2.75) is 80.2 Å². The second-order valence-corrected chi connectivity index (χ2v) is 10.2. The maximum absolute atomic E-state index is 6.13. The Bertz CT molecular complexity index is 582. The second kappa shape index (κ2) is 5.68. The summed E-state index contributed by atoms with van der Waals surface area (Å²) in [5.41, 5.74) is 3.09. The fourth-order valence-corrected chi connectivity index (χ4v) is 4.80. The summed E-state index contributed by atoms with van der Waals surface area (Å²) in [6, 6.07) is 6.58. The van der Waals surface area contributed by atoms with Gasteiger partial charge in [0.15, 0.2) is 0 Å². The molecule has 1 aliphatic heterocycles. The van der Waals surface area contributed by atoms with E-state index in [1.807, 2.05) is 0 Å². The van der Waals surface area contributed by atoms with Gasteiger partial charge >= 0.3 is 0 Å². The summed E-state index contributed by atoms with van der Waals surface area (Å²) in [4.78, 5) is 2.58. The van der Waals surface area contributed by atoms with Crippen molar-refractivity contribution in [1.82, 2.24) is 0 Å². The number of hydrogen-bond acceptors (Lipinski definition) is 2. The molecular formula is C22H37NO. The lowest BCUT2D eigenvalue weighted by Crippen LogP contribution is -2.55. The first-order valence-corrected chi connectivity index (χ1v) is 9.31. The topological polar surface area (TPSA) is 12.5 Å². The highest BCUT2D eigenvalue weighted by atomic mass is 16.5. The van der Waals surface area contributed by atoms with Gasteiger partial charge in [-0.3, -0.25) is 0 Å². The molecule has 0 saturated heterocycles. The van der Waals surface area contributed by atoms with Crippen LogP contribution in [0.25, 0.3) is 0 Å². The molecule has 1 heterocycles. The highest BCUT2D eigenvalue weighted by molar-refractivity contribution is 5.70. The lowest BCUT2D eigenvalue weighted by molar-refractivity contribution is 0.0608. The Hall–Kier alpha value is -1.18. The fourth-order valence-electron chi connectivity index (χ4n) is 4.80. The predicted octanol–water partition coefficient (Wildman–Crippen LogP) is 6.03. The Morgan fingerprint density at radius 1 is 0.958 bits per heavy atom. The first-order valence-electron chi connectivity index (χ1n) is 9.31. The minimum absolute atomic E-state index is 0.0222. The molecule has 0 amide bonds. The van der Waals surface area contributed by atoms with E-state index < -0.39 is 0 Å². The summed E-state index contributed by atoms with van der Waals surface area (Å²) in [5, 5.41) is 0. The van der Waals surface area contributed by atoms with Crippen LogP contribution in [0.5, 0.6) is 5.75 Å². The van der Waals surface area contributed by atoms with Gasteiger partial charge in [0.05, 0.1) is 6.61 Å². The Morgan fingerprint density at radius 2 is 1.50 bits per heavy atom. The highest BCUT2D eigenvalue weighted by Gasteiger charge is 2.59. The first-order chi connectivity index (χ1) is 10.8. The Balaban J connectivity index is 2.87. The van der Waals surface area contributed by atoms with Crippen LogP contribution in [0.15, 0.2) is 18.2 Å². The third-order valence-corrected chi connectivity index (χ3v) is 5.79. The third-order valence-electron chi connectivity index (χ3n) is 5.79. The maximum Gasteiger partial charge on any atom is 0.125 e. The number of hydrogen-bond donors (Lipinski definition) is 0. The molecule has 0 unspecified atom stereocenters. The number of nitrogens with zero attached hydrogens (tertiary/aromatic N) is 1. The molecule has 1 aliphatic rings. The van der Waals surface area contributed by atoms with Crippen LogP contribution in [0.3, 0.4) is 0 Å². The minimum atomic E-state index is 0.0222. The van der Waals surface area contributed by atoms with Crippen molar-refractivity contribution in [3.8, 4) is 5.75 Å². The standard InChI is InChI=1S/C22H37NO/c1-11-24-17-14-12-13-16-18(17)22(19(2,3)4,20(5,6)7)15-23(16)21(8,9)10/h12-14H,11,15H2,1-10H3. The van der Waals surface area contributed by atoms with Crippen molar-refractivity contribution in [3.63, 3.8) is 0 Å². The zero-order valence-corrected chi connectivity index (χ0v) is 17.5. The summed E-state index contributed by atoms with van der Waals surface area (Å²) < 4.78 is 6.13. The largest absolute Gasteiger partial charge is 0.493 e. The number of fused-ring (bicyclic) bond motifs is 1. The van der Waals surface area contributed by atoms with Crippen LogP contribution in [0.2, 0.25) is 0 Å². The van der Waals surface area contributed by atoms with Crippen LogP contribution in [-0.2, 0) is 5.41 Å². The lowest BCUT2D eigenvalue weighted by Gasteiger charge is -2.53. The van der Waals surface area contributed by atoms with Crippen LogP contribution < -0.4 is 9.64 Å². The molecule has 136 valence electrons. The molecule has 0 aliphatic carbocycles. The summed E-state index contributed by atoms with van der Waals surface area (Å²) in [6.07, 6.45) is 0. The highest BCUT2D eigenvalue weighted by Crippen LogP contribution is 2.62. The van der Waals surface area contributed by atoms with Crippen molar-refractivity contribution in [2.24, 2.45) is 10.8 Å². The molecule has 1 aromatic rings. The van der Waals surface area contributed by atoms with E-state index in [2.05, 4.69) is 92.3 Å². The zero-order valence-electron chi connectivity index (χ0n) is 17.5. The predicted molar refractivity (Wildman–Crippen MR) is 105 cm³/mol. The van der Waals surface area contributed by atoms with E-state index in [1.54, 1.807) is 0 Å². The Kier molecular flexibility index (Phi) is 4.53. The van der Waals surface area contributed by atoms with Crippen LogP contribution in [-0.4, -0.2) is 18.7 Å². The van der Waals surface area contributed by atoms with E-state index in [0.29, 0.717) is 6.61 Å². The SMILES string of the molecule is CCOc1cccc2c1C(C(C)(C)C)(C(C)(C)C)CN2C(C)(C)C. The number of anilines is 1. The van der Waals surface area contributed by atoms with Crippen molar-refractivity contribution in [3.05, 3.63) is 23.8 Å². The minimum Gasteiger partial charge on any atom is -0.493 e. The monoisotopic (exact) mass is 331 g/mol. The molecule has 0 bridgehead atoms. The smallest absolute Gasteiger partial charge is 0.125 e. The van der Waals surface area contributed by atoms with Crippen LogP contribution in [0.4, 0.5) is 5.69 Å². The Labute approximate surface area is 149 Å². The molecule has 2 heteroatoms. The summed E-state index contributed by atoms with van der Waals surface area (Å²) in [5.74, 6) is 1.06. The van der Waals surface area contributed by atoms with Gasteiger partial charge in [-0.05, 0) is 50.7 Å². The van der Waals surface area contributed by atoms with Gasteiger partial charge in [0.2, 0.25) is 0 Å². The van der Waals surface area contributed by atoms with E-state index in [4.69, 9.17) is 4.74 Å². The van der Waals surface area contributed by atoms with Gasteiger partial charge in [-0.2, -0.15) is 0 Å². The summed E-state index contributed by atoms with van der Waals surface area (Å²) >= 11 is 0. The van der Waals surface area contributed by atoms with Crippen molar-refractivity contribution >= 4 is 5.69 Å². The van der Waals surface area contributed by atoms with Crippen molar-refractivity contribution < 1.29 is 4.74 Å². The van der Waals surface area contributed by atoms with Gasteiger partial charge in [-0.25, -0.2) is 0 Å². The van der Waals surface area contributed by atoms with E-state index in [-0.39, 0.29) is 21.8 Å². The van der Waals surface area contributed by atoms with Gasteiger partial charge in [-0.15, -0.1) is 0 Å². The first kappa shape index (κ1) is 19.1. The molecule has 1 aromatic carbocycles. The molecule has 0 radical (unpaired) electrons. The molecular weight excluding hydrogens is 294 g/mol. The molecule has 0 aromatic heterocycles. The average Bonchev–Trinajstić information content (AvgIpc) is 2.75. The van der Waals surface area contributed by atoms with Crippen LogP contribution >= 0.6 is 0 Å². The molecule has 24 heavy (non-hydrogen) atoms. The van der Waals surface area contributed by atoms with E-state index in [1.165, 1.54) is 11.3 Å². The Morgan fingerprint density at radius 3 is 1.92 bits per heavy atom. The van der Waals surface area contributed by atoms with Gasteiger partial charge in [0.25, 0.3) is 0 Å². The second-order valence-electron chi connectivity index (χ2n) is 10.2. The van der Waals surface area contributed by atoms with Gasteiger partial charge in [0, 0.05) is 28.7 Å². The summed E-state index contributed by atoms with van der Waals surface area (Å²) in [6.45, 7) is 25.1. The quantitative estimate of drug-likeness (QED) is 0.655. The molecule has 0 saturated carbocycles. The van der Waals surface area contributed by atoms with Crippen LogP contribution in [0, 0.1) is 10.8 Å². The lowest BCUT2D eigenvalue weighted by atomic mass is 9.52. The third kappa shape index (κ3) is 2.72. The molecule has 0 N–H and O–H groups in total. The number of ether oxygens (including phenoxy) is 1. The van der Waals surface area contributed by atoms with Gasteiger partial charge < -0.3 is 9.64 Å². The molecule has 0 atom stereocenters. The van der Waals surface area contributed by atoms with Crippen LogP contribution in [0.1, 0.15) is 74.8 Å². The van der Waals surface area contributed by atoms with Gasteiger partial charge in [-0.1, -0.05) is 47.6 Å². The number of rotatable bonds is 2. The molecule has 2 nitrogen and oxygen atoms in total. The van der Waals surface area contributed by atoms with E-state index in [9.17, 15) is 0 Å². The molecule has 0 spiro atoms. The van der Waals surface area contributed by atoms with Crippen molar-refractivity contribution in [1.29, 1.82) is 0 Å². The van der Waals surface area contributed by atoms with Gasteiger partial charge in [0.1, 0.15) is 5.75 Å². The van der Waals surface area contributed by atoms with E-state index in [0.717, 1.165) is 12.3 Å². The average molecular weight is 332 g/mol. The normalized spacial score (nSPS) is 17.8. The molecule has 0 fully saturated rings. The maximum atomic E-state index is 6.13. The molecule has 2 rings (SSSR count). The van der Waals surface area contributed by atoms with Crippen molar-refractivity contribution in [2.75, 3.05) is 18.1 Å². The fraction of sp³-hybridized carbons (Fsp3) is 0.727. The summed E-state index contributed by atoms with van der Waals surface area (Å²) in [7, 11) is 0. The van der Waals surface area contributed by atoms with E-state index >= 15 is 0 Å². The number of benzene rings is 1.